The van der Waals surface area contributed by atoms with Crippen molar-refractivity contribution in [1.82, 2.24) is 5.32 Å². The van der Waals surface area contributed by atoms with Gasteiger partial charge in [0.1, 0.15) is 5.84 Å². The summed E-state index contributed by atoms with van der Waals surface area (Å²) >= 11 is 0. The number of aryl methyl sites for hydroxylation is 6. The van der Waals surface area contributed by atoms with Gasteiger partial charge in [0.2, 0.25) is 0 Å². The quantitative estimate of drug-likeness (QED) is 0.336. The maximum atomic E-state index is 5.40. The molecule has 3 saturated carbocycles. The molecule has 1 heterocycles. The van der Waals surface area contributed by atoms with Crippen molar-refractivity contribution in [1.29, 1.82) is 0 Å². The molecule has 2 aromatic carbocycles. The molecule has 2 nitrogen and oxygen atoms in total. The van der Waals surface area contributed by atoms with Gasteiger partial charge in [0.15, 0.2) is 0 Å². The number of aliphatic imine (C=N–C) groups is 1. The Bertz CT molecular complexity index is 1230. The minimum absolute atomic E-state index is 0.185. The van der Waals surface area contributed by atoms with Crippen LogP contribution in [-0.2, 0) is 5.16 Å². The van der Waals surface area contributed by atoms with Crippen LogP contribution in [-0.4, -0.2) is 30.2 Å². The summed E-state index contributed by atoms with van der Waals surface area (Å²) in [6.45, 7) is 16.3. The van der Waals surface area contributed by atoms with E-state index in [1.54, 1.807) is 22.3 Å². The molecule has 0 saturated heterocycles. The van der Waals surface area contributed by atoms with Crippen molar-refractivity contribution < 1.29 is 0 Å². The Hall–Kier alpha value is -1.66. The van der Waals surface area contributed by atoms with E-state index in [2.05, 4.69) is 71.1 Å². The van der Waals surface area contributed by atoms with Gasteiger partial charge < -0.3 is 5.32 Å². The van der Waals surface area contributed by atoms with Crippen molar-refractivity contribution in [2.45, 2.75) is 147 Å². The molecule has 3 heteroatoms. The Balaban J connectivity index is 1.65. The van der Waals surface area contributed by atoms with Gasteiger partial charge in [-0.3, -0.25) is 4.99 Å². The monoisotopic (exact) mass is 584 g/mol. The van der Waals surface area contributed by atoms with Crippen molar-refractivity contribution in [3.8, 4) is 0 Å². The predicted molar refractivity (Wildman–Crippen MR) is 184 cm³/mol. The van der Waals surface area contributed by atoms with Crippen molar-refractivity contribution in [3.63, 3.8) is 0 Å². The Morgan fingerprint density at radius 2 is 1.19 bits per heavy atom. The molecular weight excluding hydrogens is 527 g/mol. The average Bonchev–Trinajstić information content (AvgIpc) is 3.48. The van der Waals surface area contributed by atoms with Crippen LogP contribution in [0.15, 0.2) is 29.3 Å². The van der Waals surface area contributed by atoms with Crippen LogP contribution < -0.4 is 5.32 Å². The Labute approximate surface area is 258 Å². The molecule has 3 fully saturated rings. The number of nitrogens with one attached hydrogen (secondary N) is 1. The van der Waals surface area contributed by atoms with Crippen LogP contribution >= 0.6 is 7.92 Å². The molecule has 0 spiro atoms. The van der Waals surface area contributed by atoms with Crippen molar-refractivity contribution in [2.75, 3.05) is 13.1 Å². The van der Waals surface area contributed by atoms with Crippen molar-refractivity contribution >= 4 is 13.8 Å². The average molecular weight is 585 g/mol. The second-order valence-electron chi connectivity index (χ2n) is 14.7. The number of amidine groups is 1. The summed E-state index contributed by atoms with van der Waals surface area (Å²) in [5.41, 5.74) is 14.2. The van der Waals surface area contributed by atoms with Crippen LogP contribution in [0.3, 0.4) is 0 Å². The van der Waals surface area contributed by atoms with E-state index in [0.717, 1.165) is 24.4 Å². The number of rotatable bonds is 6. The second-order valence-corrected chi connectivity index (χ2v) is 17.7. The number of hydrogen-bond donors (Lipinski definition) is 1. The van der Waals surface area contributed by atoms with Crippen LogP contribution in [0.5, 0.6) is 0 Å². The maximum Gasteiger partial charge on any atom is 0.101 e. The molecule has 4 aliphatic rings. The van der Waals surface area contributed by atoms with Crippen molar-refractivity contribution in [2.24, 2.45) is 10.9 Å². The Morgan fingerprint density at radius 1 is 0.667 bits per heavy atom. The lowest BCUT2D eigenvalue weighted by Crippen LogP contribution is -2.51. The highest BCUT2D eigenvalue weighted by Crippen LogP contribution is 2.75. The molecule has 0 aromatic heterocycles. The normalized spacial score (nSPS) is 27.7. The van der Waals surface area contributed by atoms with Crippen LogP contribution in [0.25, 0.3) is 0 Å². The van der Waals surface area contributed by atoms with Crippen LogP contribution in [0, 0.1) is 47.5 Å². The summed E-state index contributed by atoms with van der Waals surface area (Å²) < 4.78 is 0. The molecule has 1 aliphatic heterocycles. The lowest BCUT2D eigenvalue weighted by Gasteiger charge is -2.59. The lowest BCUT2D eigenvalue weighted by atomic mass is 9.63. The lowest BCUT2D eigenvalue weighted by molar-refractivity contribution is 0.282. The first kappa shape index (κ1) is 30.4. The van der Waals surface area contributed by atoms with Gasteiger partial charge in [-0.2, -0.15) is 0 Å². The zero-order valence-corrected chi connectivity index (χ0v) is 28.5. The molecule has 0 bridgehead atoms. The summed E-state index contributed by atoms with van der Waals surface area (Å²) in [6, 6.07) is 10.00. The molecule has 0 amide bonds. The molecule has 3 aliphatic carbocycles. The van der Waals surface area contributed by atoms with Gasteiger partial charge in [0, 0.05) is 17.6 Å². The Morgan fingerprint density at radius 3 is 1.69 bits per heavy atom. The summed E-state index contributed by atoms with van der Waals surface area (Å²) in [6.07, 6.45) is 18.5. The highest BCUT2D eigenvalue weighted by atomic mass is 31.1. The van der Waals surface area contributed by atoms with Gasteiger partial charge >= 0.3 is 0 Å². The number of nitrogens with zero attached hydrogens (tertiary/aromatic N) is 1. The molecule has 3 atom stereocenters. The number of hydrogen-bond acceptors (Lipinski definition) is 2. The fourth-order valence-corrected chi connectivity index (χ4v) is 16.0. The molecule has 228 valence electrons. The molecule has 0 radical (unpaired) electrons. The van der Waals surface area contributed by atoms with Gasteiger partial charge in [-0.05, 0) is 131 Å². The summed E-state index contributed by atoms with van der Waals surface area (Å²) in [4.78, 5) is 5.40. The third kappa shape index (κ3) is 5.53. The van der Waals surface area contributed by atoms with Gasteiger partial charge in [0.05, 0.1) is 6.54 Å². The van der Waals surface area contributed by atoms with Crippen molar-refractivity contribution in [3.05, 3.63) is 68.8 Å². The zero-order chi connectivity index (χ0) is 29.4. The van der Waals surface area contributed by atoms with E-state index in [0.29, 0.717) is 11.8 Å². The van der Waals surface area contributed by atoms with E-state index in [-0.39, 0.29) is 13.1 Å². The van der Waals surface area contributed by atoms with E-state index < -0.39 is 0 Å². The van der Waals surface area contributed by atoms with Crippen LogP contribution in [0.4, 0.5) is 0 Å². The van der Waals surface area contributed by atoms with Gasteiger partial charge in [-0.15, -0.1) is 0 Å². The molecule has 42 heavy (non-hydrogen) atoms. The van der Waals surface area contributed by atoms with E-state index in [4.69, 9.17) is 4.99 Å². The molecule has 3 unspecified atom stereocenters. The van der Waals surface area contributed by atoms with E-state index >= 15 is 0 Å². The third-order valence-corrected chi connectivity index (χ3v) is 15.9. The first-order chi connectivity index (χ1) is 20.3. The molecular formula is C39H57N2P. The second kappa shape index (κ2) is 12.8. The SMILES string of the molecule is Cc1cc(C)c(C2CCCC(c3c(C)cc(C)cc3C)(P(C3CCCCC3)C3CCCCC3)C2C2=NCCN2)c(C)c1. The molecule has 2 aromatic rings. The largest absolute Gasteiger partial charge is 0.372 e. The fourth-order valence-electron chi connectivity index (χ4n) is 10.6. The highest BCUT2D eigenvalue weighted by molar-refractivity contribution is 7.60. The topological polar surface area (TPSA) is 24.4 Å². The Kier molecular flexibility index (Phi) is 9.22. The minimum atomic E-state index is -0.236. The standard InChI is InChI=1S/C39H57N2P/c1-26-22-28(3)35(29(4)23-26)34-18-13-19-39(37(34)38-40-20-21-41-38,36-30(5)24-27(2)25-31(36)6)42(32-14-9-7-10-15-32)33-16-11-8-12-17-33/h22-25,32-34,37H,7-21H2,1-6H3,(H,40,41). The first-order valence-corrected chi connectivity index (χ1v) is 19.0. The molecule has 1 N–H and O–H groups in total. The van der Waals surface area contributed by atoms with Gasteiger partial charge in [-0.1, -0.05) is 88.3 Å². The number of benzene rings is 2. The van der Waals surface area contributed by atoms with E-state index in [9.17, 15) is 0 Å². The highest BCUT2D eigenvalue weighted by Gasteiger charge is 2.58. The van der Waals surface area contributed by atoms with Crippen LogP contribution in [0.2, 0.25) is 0 Å². The third-order valence-electron chi connectivity index (χ3n) is 11.6. The van der Waals surface area contributed by atoms with Crippen LogP contribution in [0.1, 0.15) is 134 Å². The maximum absolute atomic E-state index is 5.40. The van der Waals surface area contributed by atoms with Gasteiger partial charge in [-0.25, -0.2) is 0 Å². The summed E-state index contributed by atoms with van der Waals surface area (Å²) in [5.74, 6) is 2.35. The first-order valence-electron chi connectivity index (χ1n) is 17.5. The van der Waals surface area contributed by atoms with E-state index in [1.807, 2.05) is 0 Å². The minimum Gasteiger partial charge on any atom is -0.372 e. The summed E-state index contributed by atoms with van der Waals surface area (Å²) in [5, 5.41) is 4.16. The predicted octanol–water partition coefficient (Wildman–Crippen LogP) is 10.5. The smallest absolute Gasteiger partial charge is 0.101 e. The molecule has 6 rings (SSSR count). The van der Waals surface area contributed by atoms with Gasteiger partial charge in [0.25, 0.3) is 0 Å². The zero-order valence-electron chi connectivity index (χ0n) is 27.6. The van der Waals surface area contributed by atoms with E-state index in [1.165, 1.54) is 112 Å². The summed E-state index contributed by atoms with van der Waals surface area (Å²) in [7, 11) is -0.236. The fraction of sp³-hybridized carbons (Fsp3) is 0.667.